The number of nitrogens with zero attached hydrogens (tertiary/aromatic N) is 5. The predicted octanol–water partition coefficient (Wildman–Crippen LogP) is 4.86. The minimum absolute atomic E-state index is 0.0863. The van der Waals surface area contributed by atoms with Gasteiger partial charge in [-0.05, 0) is 42.3 Å². The van der Waals surface area contributed by atoms with Gasteiger partial charge in [0.1, 0.15) is 0 Å². The molecule has 170 valence electrons. The lowest BCUT2D eigenvalue weighted by Gasteiger charge is -2.41. The number of anilines is 1. The topological polar surface area (TPSA) is 65.2 Å². The molecule has 0 aliphatic carbocycles. The average Bonchev–Trinajstić information content (AvgIpc) is 3.25. The first-order valence-corrected chi connectivity index (χ1v) is 11.7. The van der Waals surface area contributed by atoms with Gasteiger partial charge in [-0.2, -0.15) is 5.26 Å². The molecule has 1 fully saturated rings. The molecule has 1 amide bonds. The summed E-state index contributed by atoms with van der Waals surface area (Å²) in [5, 5.41) is 9.65. The summed E-state index contributed by atoms with van der Waals surface area (Å²) in [4.78, 5) is 21.6. The maximum Gasteiger partial charge on any atom is 0.241 e. The van der Waals surface area contributed by atoms with Crippen LogP contribution in [0.2, 0.25) is 5.02 Å². The summed E-state index contributed by atoms with van der Waals surface area (Å²) in [7, 11) is 0. The van der Waals surface area contributed by atoms with E-state index in [2.05, 4.69) is 27.4 Å². The Balaban J connectivity index is 1.50. The maximum absolute atomic E-state index is 13.1. The van der Waals surface area contributed by atoms with Crippen LogP contribution in [0.4, 0.5) is 5.69 Å². The van der Waals surface area contributed by atoms with Crippen LogP contribution in [-0.4, -0.2) is 39.5 Å². The monoisotopic (exact) mass is 461 g/mol. The van der Waals surface area contributed by atoms with Gasteiger partial charge in [-0.3, -0.25) is 9.69 Å². The largest absolute Gasteiger partial charge is 0.329 e. The molecule has 3 aromatic rings. The summed E-state index contributed by atoms with van der Waals surface area (Å²) in [6.45, 7) is 4.56. The number of hydrogen-bond donors (Lipinski definition) is 0. The van der Waals surface area contributed by atoms with Crippen LogP contribution in [0.15, 0.2) is 61.1 Å². The number of rotatable bonds is 8. The third kappa shape index (κ3) is 5.62. The van der Waals surface area contributed by atoms with E-state index in [-0.39, 0.29) is 11.9 Å². The van der Waals surface area contributed by atoms with E-state index < -0.39 is 0 Å². The second kappa shape index (κ2) is 10.7. The Hall–Kier alpha value is -3.14. The van der Waals surface area contributed by atoms with Gasteiger partial charge in [0.2, 0.25) is 5.91 Å². The van der Waals surface area contributed by atoms with Crippen LogP contribution in [0.25, 0.3) is 0 Å². The number of benzene rings is 2. The molecule has 0 unspecified atom stereocenters. The smallest absolute Gasteiger partial charge is 0.241 e. The SMILES string of the molecule is CCCC[C@H]1CN(c2cccc(Cl)c2)C(=O)CN1Cc1cncn1Cc1ccc(C#N)cc1. The summed E-state index contributed by atoms with van der Waals surface area (Å²) in [5.74, 6) is 0.0863. The Bertz CT molecular complexity index is 1130. The first-order valence-electron chi connectivity index (χ1n) is 11.4. The van der Waals surface area contributed by atoms with Crippen molar-refractivity contribution in [2.75, 3.05) is 18.0 Å². The van der Waals surface area contributed by atoms with E-state index in [1.807, 2.05) is 66.0 Å². The van der Waals surface area contributed by atoms with Gasteiger partial charge in [0.15, 0.2) is 0 Å². The van der Waals surface area contributed by atoms with Crippen molar-refractivity contribution in [3.8, 4) is 6.07 Å². The fraction of sp³-hybridized carbons (Fsp3) is 0.346. The van der Waals surface area contributed by atoms with E-state index in [0.717, 1.165) is 36.2 Å². The lowest BCUT2D eigenvalue weighted by atomic mass is 10.0. The number of hydrogen-bond acceptors (Lipinski definition) is 4. The Morgan fingerprint density at radius 2 is 2.00 bits per heavy atom. The van der Waals surface area contributed by atoms with Crippen molar-refractivity contribution in [3.05, 3.63) is 82.9 Å². The standard InChI is InChI=1S/C26H28ClN5O/c1-2-3-6-24-17-32(23-7-4-5-22(27)12-23)26(33)18-30(24)16-25-14-29-19-31(25)15-21-10-8-20(13-28)9-11-21/h4-5,7-12,14,19,24H,2-3,6,15-18H2,1H3/t24-/m0/s1. The van der Waals surface area contributed by atoms with Crippen molar-refractivity contribution in [3.63, 3.8) is 0 Å². The fourth-order valence-corrected chi connectivity index (χ4v) is 4.50. The van der Waals surface area contributed by atoms with Crippen LogP contribution in [0.5, 0.6) is 0 Å². The van der Waals surface area contributed by atoms with Gasteiger partial charge in [-0.15, -0.1) is 0 Å². The quantitative estimate of drug-likeness (QED) is 0.480. The Kier molecular flexibility index (Phi) is 7.43. The Morgan fingerprint density at radius 1 is 1.18 bits per heavy atom. The predicted molar refractivity (Wildman–Crippen MR) is 130 cm³/mol. The van der Waals surface area contributed by atoms with Crippen LogP contribution < -0.4 is 4.90 Å². The second-order valence-corrected chi connectivity index (χ2v) is 8.94. The highest BCUT2D eigenvalue weighted by Gasteiger charge is 2.33. The van der Waals surface area contributed by atoms with Gasteiger partial charge in [0.05, 0.1) is 30.2 Å². The highest BCUT2D eigenvalue weighted by atomic mass is 35.5. The fourth-order valence-electron chi connectivity index (χ4n) is 4.32. The van der Waals surface area contributed by atoms with Gasteiger partial charge in [0, 0.05) is 42.6 Å². The minimum Gasteiger partial charge on any atom is -0.329 e. The lowest BCUT2D eigenvalue weighted by molar-refractivity contribution is -0.122. The molecule has 0 N–H and O–H groups in total. The highest BCUT2D eigenvalue weighted by molar-refractivity contribution is 6.30. The lowest BCUT2D eigenvalue weighted by Crippen LogP contribution is -2.56. The van der Waals surface area contributed by atoms with Crippen molar-refractivity contribution >= 4 is 23.2 Å². The van der Waals surface area contributed by atoms with Crippen molar-refractivity contribution in [2.45, 2.75) is 45.3 Å². The molecule has 2 aromatic carbocycles. The molecule has 1 saturated heterocycles. The van der Waals surface area contributed by atoms with Gasteiger partial charge in [-0.25, -0.2) is 4.98 Å². The van der Waals surface area contributed by atoms with E-state index in [1.165, 1.54) is 0 Å². The molecule has 1 aliphatic rings. The molecular weight excluding hydrogens is 434 g/mol. The number of piperazine rings is 1. The number of carbonyl (C=O) groups excluding carboxylic acids is 1. The molecule has 1 aromatic heterocycles. The van der Waals surface area contributed by atoms with Crippen molar-refractivity contribution in [1.29, 1.82) is 5.26 Å². The van der Waals surface area contributed by atoms with Gasteiger partial charge >= 0.3 is 0 Å². The summed E-state index contributed by atoms with van der Waals surface area (Å²) < 4.78 is 2.12. The molecule has 6 nitrogen and oxygen atoms in total. The number of aromatic nitrogens is 2. The zero-order chi connectivity index (χ0) is 23.2. The third-order valence-corrected chi connectivity index (χ3v) is 6.39. The second-order valence-electron chi connectivity index (χ2n) is 8.51. The molecule has 0 spiro atoms. The molecule has 0 radical (unpaired) electrons. The van der Waals surface area contributed by atoms with E-state index in [9.17, 15) is 4.79 Å². The maximum atomic E-state index is 13.1. The van der Waals surface area contributed by atoms with Crippen molar-refractivity contribution in [2.24, 2.45) is 0 Å². The summed E-state index contributed by atoms with van der Waals surface area (Å²) in [6.07, 6.45) is 6.98. The number of nitriles is 1. The molecule has 0 bridgehead atoms. The number of imidazole rings is 1. The van der Waals surface area contributed by atoms with Crippen LogP contribution in [0, 0.1) is 11.3 Å². The Morgan fingerprint density at radius 3 is 2.73 bits per heavy atom. The molecule has 7 heteroatoms. The van der Waals surface area contributed by atoms with Crippen LogP contribution >= 0.6 is 11.6 Å². The molecule has 1 atom stereocenters. The highest BCUT2D eigenvalue weighted by Crippen LogP contribution is 2.26. The first kappa shape index (κ1) is 23.0. The van der Waals surface area contributed by atoms with E-state index in [0.29, 0.717) is 36.8 Å². The van der Waals surface area contributed by atoms with E-state index in [1.54, 1.807) is 0 Å². The zero-order valence-corrected chi connectivity index (χ0v) is 19.6. The summed E-state index contributed by atoms with van der Waals surface area (Å²) in [5.41, 5.74) is 3.70. The van der Waals surface area contributed by atoms with Gasteiger partial charge in [0.25, 0.3) is 0 Å². The van der Waals surface area contributed by atoms with Gasteiger partial charge in [-0.1, -0.05) is 49.6 Å². The van der Waals surface area contributed by atoms with Crippen LogP contribution in [-0.2, 0) is 17.9 Å². The number of carbonyl (C=O) groups is 1. The number of amides is 1. The first-order chi connectivity index (χ1) is 16.1. The molecule has 1 aliphatic heterocycles. The van der Waals surface area contributed by atoms with E-state index >= 15 is 0 Å². The average molecular weight is 462 g/mol. The normalized spacial score (nSPS) is 16.7. The summed E-state index contributed by atoms with van der Waals surface area (Å²) >= 11 is 6.18. The van der Waals surface area contributed by atoms with Crippen LogP contribution in [0.3, 0.4) is 0 Å². The molecular formula is C26H28ClN5O. The minimum atomic E-state index is 0.0863. The molecule has 2 heterocycles. The van der Waals surface area contributed by atoms with Gasteiger partial charge < -0.3 is 9.47 Å². The third-order valence-electron chi connectivity index (χ3n) is 6.16. The molecule has 33 heavy (non-hydrogen) atoms. The van der Waals surface area contributed by atoms with Crippen LogP contribution in [0.1, 0.15) is 43.0 Å². The zero-order valence-electron chi connectivity index (χ0n) is 18.8. The number of halogens is 1. The van der Waals surface area contributed by atoms with Crippen molar-refractivity contribution < 1.29 is 4.79 Å². The number of unbranched alkanes of at least 4 members (excludes halogenated alkanes) is 1. The summed E-state index contributed by atoms with van der Waals surface area (Å²) in [6, 6.07) is 17.6. The molecule has 4 rings (SSSR count). The Labute approximate surface area is 200 Å². The van der Waals surface area contributed by atoms with E-state index in [4.69, 9.17) is 16.9 Å². The molecule has 0 saturated carbocycles. The van der Waals surface area contributed by atoms with Crippen molar-refractivity contribution in [1.82, 2.24) is 14.5 Å².